The van der Waals surface area contributed by atoms with E-state index in [-0.39, 0.29) is 5.91 Å². The Morgan fingerprint density at radius 1 is 1.04 bits per heavy atom. The first kappa shape index (κ1) is 18.2. The van der Waals surface area contributed by atoms with Crippen LogP contribution in [0.15, 0.2) is 30.3 Å². The lowest BCUT2D eigenvalue weighted by Crippen LogP contribution is -2.48. The first-order valence-corrected chi connectivity index (χ1v) is 9.30. The van der Waals surface area contributed by atoms with Gasteiger partial charge in [-0.1, -0.05) is 29.3 Å². The number of hydrogen-bond donors (Lipinski definition) is 1. The summed E-state index contributed by atoms with van der Waals surface area (Å²) in [6.45, 7) is 3.28. The molecule has 0 saturated carbocycles. The van der Waals surface area contributed by atoms with Gasteiger partial charge in [-0.15, -0.1) is 11.3 Å². The smallest absolute Gasteiger partial charge is 0.345 e. The maximum absolute atomic E-state index is 12.7. The number of carbonyl (C=O) groups excluding carboxylic acids is 1. The normalized spacial score (nSPS) is 15.4. The van der Waals surface area contributed by atoms with Crippen molar-refractivity contribution in [1.82, 2.24) is 9.80 Å². The molecule has 1 saturated heterocycles. The van der Waals surface area contributed by atoms with Gasteiger partial charge in [0, 0.05) is 37.6 Å². The minimum absolute atomic E-state index is 0.153. The van der Waals surface area contributed by atoms with Crippen LogP contribution in [0.2, 0.25) is 10.0 Å². The van der Waals surface area contributed by atoms with Crippen molar-refractivity contribution >= 4 is 46.4 Å². The van der Waals surface area contributed by atoms with Crippen molar-refractivity contribution in [3.05, 3.63) is 55.7 Å². The molecule has 1 aromatic heterocycles. The third-order valence-electron chi connectivity index (χ3n) is 4.09. The third kappa shape index (κ3) is 4.15. The Labute approximate surface area is 159 Å². The SMILES string of the molecule is O=C(O)c1ccc(CN2CCN(C(=O)c3c(Cl)cccc3Cl)CC2)s1. The highest BCUT2D eigenvalue weighted by molar-refractivity contribution is 7.13. The van der Waals surface area contributed by atoms with Gasteiger partial charge in [-0.05, 0) is 24.3 Å². The van der Waals surface area contributed by atoms with Crippen molar-refractivity contribution in [2.75, 3.05) is 26.2 Å². The average molecular weight is 399 g/mol. The molecule has 5 nitrogen and oxygen atoms in total. The maximum Gasteiger partial charge on any atom is 0.345 e. The highest BCUT2D eigenvalue weighted by Gasteiger charge is 2.25. The molecule has 1 fully saturated rings. The van der Waals surface area contributed by atoms with E-state index in [1.54, 1.807) is 29.2 Å². The largest absolute Gasteiger partial charge is 0.477 e. The first-order chi connectivity index (χ1) is 12.0. The van der Waals surface area contributed by atoms with E-state index in [0.29, 0.717) is 53.2 Å². The van der Waals surface area contributed by atoms with Crippen LogP contribution in [-0.4, -0.2) is 53.0 Å². The number of nitrogens with zero attached hydrogens (tertiary/aromatic N) is 2. The number of carboxylic acid groups (broad SMARTS) is 1. The molecule has 0 spiro atoms. The predicted molar refractivity (Wildman–Crippen MR) is 98.9 cm³/mol. The number of hydrogen-bond acceptors (Lipinski definition) is 4. The highest BCUT2D eigenvalue weighted by Crippen LogP contribution is 2.26. The number of thiophene rings is 1. The number of halogens is 2. The van der Waals surface area contributed by atoms with Crippen molar-refractivity contribution in [2.24, 2.45) is 0 Å². The highest BCUT2D eigenvalue weighted by atomic mass is 35.5. The third-order valence-corrected chi connectivity index (χ3v) is 5.78. The van der Waals surface area contributed by atoms with Crippen molar-refractivity contribution < 1.29 is 14.7 Å². The van der Waals surface area contributed by atoms with Crippen LogP contribution in [0.25, 0.3) is 0 Å². The molecule has 1 aromatic carbocycles. The van der Waals surface area contributed by atoms with Gasteiger partial charge in [0.1, 0.15) is 4.88 Å². The molecular weight excluding hydrogens is 383 g/mol. The van der Waals surface area contributed by atoms with Crippen molar-refractivity contribution in [2.45, 2.75) is 6.54 Å². The number of carbonyl (C=O) groups is 2. The minimum Gasteiger partial charge on any atom is -0.477 e. The molecule has 1 amide bonds. The van der Waals surface area contributed by atoms with E-state index in [9.17, 15) is 9.59 Å². The Balaban J connectivity index is 1.59. The summed E-state index contributed by atoms with van der Waals surface area (Å²) in [6.07, 6.45) is 0. The lowest BCUT2D eigenvalue weighted by Gasteiger charge is -2.34. The molecule has 3 rings (SSSR count). The quantitative estimate of drug-likeness (QED) is 0.852. The Bertz CT molecular complexity index is 781. The van der Waals surface area contributed by atoms with Gasteiger partial charge in [0.25, 0.3) is 5.91 Å². The van der Waals surface area contributed by atoms with Crippen LogP contribution >= 0.6 is 34.5 Å². The Kier molecular flexibility index (Phi) is 5.64. The van der Waals surface area contributed by atoms with Gasteiger partial charge in [0.2, 0.25) is 0 Å². The van der Waals surface area contributed by atoms with Crippen LogP contribution in [0.3, 0.4) is 0 Å². The zero-order chi connectivity index (χ0) is 18.0. The van der Waals surface area contributed by atoms with Crippen LogP contribution in [0, 0.1) is 0 Å². The van der Waals surface area contributed by atoms with Gasteiger partial charge < -0.3 is 10.0 Å². The number of piperazine rings is 1. The Morgan fingerprint density at radius 2 is 1.68 bits per heavy atom. The maximum atomic E-state index is 12.7. The molecule has 0 unspecified atom stereocenters. The molecule has 0 aliphatic carbocycles. The molecule has 0 atom stereocenters. The summed E-state index contributed by atoms with van der Waals surface area (Å²) in [4.78, 5) is 28.9. The Morgan fingerprint density at radius 3 is 2.24 bits per heavy atom. The minimum atomic E-state index is -0.900. The summed E-state index contributed by atoms with van der Waals surface area (Å²) >= 11 is 13.5. The monoisotopic (exact) mass is 398 g/mol. The van der Waals surface area contributed by atoms with E-state index in [1.165, 1.54) is 11.3 Å². The van der Waals surface area contributed by atoms with Gasteiger partial charge in [0.05, 0.1) is 15.6 Å². The molecule has 2 heterocycles. The summed E-state index contributed by atoms with van der Waals surface area (Å²) in [5, 5.41) is 9.71. The molecule has 1 aliphatic rings. The standard InChI is InChI=1S/C17H16Cl2N2O3S/c18-12-2-1-3-13(19)15(12)16(22)21-8-6-20(7-9-21)10-11-4-5-14(25-11)17(23)24/h1-5H,6-10H2,(H,23,24). The van der Waals surface area contributed by atoms with Crippen LogP contribution in [0.5, 0.6) is 0 Å². The fourth-order valence-electron chi connectivity index (χ4n) is 2.77. The Hall–Kier alpha value is -1.60. The lowest BCUT2D eigenvalue weighted by molar-refractivity contribution is 0.0629. The molecular formula is C17H16Cl2N2O3S. The zero-order valence-corrected chi connectivity index (χ0v) is 15.6. The fraction of sp³-hybridized carbons (Fsp3) is 0.294. The molecule has 1 aliphatic heterocycles. The zero-order valence-electron chi connectivity index (χ0n) is 13.2. The number of aromatic carboxylic acids is 1. The van der Waals surface area contributed by atoms with Gasteiger partial charge >= 0.3 is 5.97 Å². The second kappa shape index (κ2) is 7.74. The second-order valence-electron chi connectivity index (χ2n) is 5.74. The van der Waals surface area contributed by atoms with E-state index in [4.69, 9.17) is 28.3 Å². The van der Waals surface area contributed by atoms with Crippen LogP contribution in [-0.2, 0) is 6.54 Å². The van der Waals surface area contributed by atoms with E-state index < -0.39 is 5.97 Å². The molecule has 1 N–H and O–H groups in total. The predicted octanol–water partition coefficient (Wildman–Crippen LogP) is 3.71. The van der Waals surface area contributed by atoms with Crippen molar-refractivity contribution in [1.29, 1.82) is 0 Å². The number of benzene rings is 1. The molecule has 0 radical (unpaired) electrons. The van der Waals surface area contributed by atoms with Gasteiger partial charge in [0.15, 0.2) is 0 Å². The van der Waals surface area contributed by atoms with Crippen LogP contribution in [0.1, 0.15) is 24.9 Å². The van der Waals surface area contributed by atoms with E-state index >= 15 is 0 Å². The van der Waals surface area contributed by atoms with Crippen LogP contribution < -0.4 is 0 Å². The van der Waals surface area contributed by atoms with E-state index in [0.717, 1.165) is 4.88 Å². The van der Waals surface area contributed by atoms with Gasteiger partial charge in [-0.2, -0.15) is 0 Å². The summed E-state index contributed by atoms with van der Waals surface area (Å²) in [5.74, 6) is -1.05. The summed E-state index contributed by atoms with van der Waals surface area (Å²) in [5.41, 5.74) is 0.351. The molecule has 2 aromatic rings. The number of carboxylic acids is 1. The van der Waals surface area contributed by atoms with E-state index in [2.05, 4.69) is 4.90 Å². The first-order valence-electron chi connectivity index (χ1n) is 7.73. The molecule has 8 heteroatoms. The molecule has 25 heavy (non-hydrogen) atoms. The summed E-state index contributed by atoms with van der Waals surface area (Å²) in [6, 6.07) is 8.50. The topological polar surface area (TPSA) is 60.9 Å². The molecule has 132 valence electrons. The van der Waals surface area contributed by atoms with E-state index in [1.807, 2.05) is 6.07 Å². The fourth-order valence-corrected chi connectivity index (χ4v) is 4.22. The van der Waals surface area contributed by atoms with Crippen molar-refractivity contribution in [3.8, 4) is 0 Å². The van der Waals surface area contributed by atoms with Gasteiger partial charge in [-0.25, -0.2) is 4.79 Å². The summed E-state index contributed by atoms with van der Waals surface area (Å²) < 4.78 is 0. The average Bonchev–Trinajstić information content (AvgIpc) is 3.04. The van der Waals surface area contributed by atoms with Crippen molar-refractivity contribution in [3.63, 3.8) is 0 Å². The lowest BCUT2D eigenvalue weighted by atomic mass is 10.1. The number of amides is 1. The van der Waals surface area contributed by atoms with Crippen LogP contribution in [0.4, 0.5) is 0 Å². The number of rotatable bonds is 4. The van der Waals surface area contributed by atoms with Gasteiger partial charge in [-0.3, -0.25) is 9.69 Å². The summed E-state index contributed by atoms with van der Waals surface area (Å²) in [7, 11) is 0. The second-order valence-corrected chi connectivity index (χ2v) is 7.72. The molecule has 0 bridgehead atoms.